The molecule has 0 bridgehead atoms. The van der Waals surface area contributed by atoms with Gasteiger partial charge in [-0.2, -0.15) is 0 Å². The average molecular weight is 283 g/mol. The summed E-state index contributed by atoms with van der Waals surface area (Å²) < 4.78 is 10.4. The lowest BCUT2D eigenvalue weighted by atomic mass is 10.1. The second-order valence-corrected chi connectivity index (χ2v) is 4.53. The van der Waals surface area contributed by atoms with E-state index in [1.807, 2.05) is 31.2 Å². The molecular weight excluding hydrogens is 258 g/mol. The number of aliphatic hydroxyl groups excluding tert-OH is 2. The molecule has 0 saturated heterocycles. The third-order valence-corrected chi connectivity index (χ3v) is 2.80. The minimum atomic E-state index is -0.520. The Morgan fingerprint density at radius 3 is 2.40 bits per heavy atom. The monoisotopic (exact) mass is 283 g/mol. The molecule has 1 aromatic carbocycles. The molecule has 1 unspecified atom stereocenters. The first-order chi connectivity index (χ1) is 9.76. The van der Waals surface area contributed by atoms with Gasteiger partial charge in [0.2, 0.25) is 0 Å². The summed E-state index contributed by atoms with van der Waals surface area (Å²) in [5.74, 6) is 0. The van der Waals surface area contributed by atoms with Gasteiger partial charge in [-0.1, -0.05) is 24.3 Å². The van der Waals surface area contributed by atoms with Crippen LogP contribution in [-0.4, -0.2) is 49.3 Å². The van der Waals surface area contributed by atoms with Gasteiger partial charge in [-0.15, -0.1) is 0 Å². The van der Waals surface area contributed by atoms with Gasteiger partial charge < -0.3 is 25.0 Å². The first kappa shape index (κ1) is 17.1. The summed E-state index contributed by atoms with van der Waals surface area (Å²) in [6, 6.07) is 7.71. The maximum atomic E-state index is 9.70. The zero-order valence-electron chi connectivity index (χ0n) is 12.0. The van der Waals surface area contributed by atoms with Gasteiger partial charge in [-0.25, -0.2) is 0 Å². The van der Waals surface area contributed by atoms with Crippen LogP contribution in [0.4, 0.5) is 0 Å². The molecule has 0 fully saturated rings. The number of aliphatic hydroxyl groups is 2. The first-order valence-corrected chi connectivity index (χ1v) is 6.99. The van der Waals surface area contributed by atoms with E-state index in [9.17, 15) is 5.11 Å². The van der Waals surface area contributed by atoms with Gasteiger partial charge in [-0.05, 0) is 18.1 Å². The molecule has 1 aromatic rings. The van der Waals surface area contributed by atoms with Crippen molar-refractivity contribution >= 4 is 0 Å². The Labute approximate surface area is 120 Å². The Bertz CT molecular complexity index is 342. The van der Waals surface area contributed by atoms with E-state index in [1.165, 1.54) is 0 Å². The minimum absolute atomic E-state index is 0.0610. The third-order valence-electron chi connectivity index (χ3n) is 2.80. The molecule has 20 heavy (non-hydrogen) atoms. The molecule has 1 rings (SSSR count). The molecule has 0 spiro atoms. The van der Waals surface area contributed by atoms with Crippen molar-refractivity contribution in [2.45, 2.75) is 26.2 Å². The van der Waals surface area contributed by atoms with Gasteiger partial charge in [0.15, 0.2) is 0 Å². The summed E-state index contributed by atoms with van der Waals surface area (Å²) in [7, 11) is 0. The average Bonchev–Trinajstić information content (AvgIpc) is 2.48. The van der Waals surface area contributed by atoms with Gasteiger partial charge in [0.05, 0.1) is 32.5 Å². The summed E-state index contributed by atoms with van der Waals surface area (Å²) in [6.45, 7) is 5.23. The largest absolute Gasteiger partial charge is 0.392 e. The number of ether oxygens (including phenoxy) is 2. The lowest BCUT2D eigenvalue weighted by Crippen LogP contribution is -2.30. The molecule has 0 aliphatic heterocycles. The van der Waals surface area contributed by atoms with E-state index in [2.05, 4.69) is 5.32 Å². The molecule has 5 nitrogen and oxygen atoms in total. The van der Waals surface area contributed by atoms with Crippen LogP contribution in [0.25, 0.3) is 0 Å². The van der Waals surface area contributed by atoms with Crippen molar-refractivity contribution in [3.63, 3.8) is 0 Å². The highest BCUT2D eigenvalue weighted by Gasteiger charge is 2.03. The Balaban J connectivity index is 2.07. The molecule has 0 aliphatic rings. The standard InChI is InChI=1S/C15H25NO4/c1-2-19-7-8-20-12-15(18)10-16-9-13-3-5-14(11-17)6-4-13/h3-6,15-18H,2,7-12H2,1H3. The zero-order valence-corrected chi connectivity index (χ0v) is 12.0. The van der Waals surface area contributed by atoms with E-state index < -0.39 is 6.10 Å². The Hall–Kier alpha value is -0.980. The van der Waals surface area contributed by atoms with E-state index in [-0.39, 0.29) is 6.61 Å². The highest BCUT2D eigenvalue weighted by molar-refractivity contribution is 5.21. The van der Waals surface area contributed by atoms with Crippen molar-refractivity contribution < 1.29 is 19.7 Å². The summed E-state index contributed by atoms with van der Waals surface area (Å²) in [6.07, 6.45) is -0.520. The molecule has 0 heterocycles. The topological polar surface area (TPSA) is 71.0 Å². The van der Waals surface area contributed by atoms with Crippen LogP contribution in [0.3, 0.4) is 0 Å². The van der Waals surface area contributed by atoms with Crippen molar-refractivity contribution in [3.05, 3.63) is 35.4 Å². The summed E-state index contributed by atoms with van der Waals surface area (Å²) in [5, 5.41) is 21.8. The normalized spacial score (nSPS) is 12.6. The van der Waals surface area contributed by atoms with E-state index in [0.29, 0.717) is 39.5 Å². The Kier molecular flexibility index (Phi) is 9.19. The molecule has 0 amide bonds. The van der Waals surface area contributed by atoms with E-state index in [4.69, 9.17) is 14.6 Å². The maximum Gasteiger partial charge on any atom is 0.0897 e. The van der Waals surface area contributed by atoms with Crippen LogP contribution in [0, 0.1) is 0 Å². The molecule has 0 saturated carbocycles. The minimum Gasteiger partial charge on any atom is -0.392 e. The maximum absolute atomic E-state index is 9.70. The summed E-state index contributed by atoms with van der Waals surface area (Å²) in [5.41, 5.74) is 2.02. The third kappa shape index (κ3) is 7.57. The summed E-state index contributed by atoms with van der Waals surface area (Å²) in [4.78, 5) is 0. The van der Waals surface area contributed by atoms with Gasteiger partial charge in [0.1, 0.15) is 0 Å². The van der Waals surface area contributed by atoms with Crippen LogP contribution in [0.5, 0.6) is 0 Å². The Morgan fingerprint density at radius 1 is 1.10 bits per heavy atom. The molecule has 0 radical (unpaired) electrons. The molecule has 114 valence electrons. The van der Waals surface area contributed by atoms with Crippen molar-refractivity contribution in [3.8, 4) is 0 Å². The van der Waals surface area contributed by atoms with E-state index >= 15 is 0 Å². The van der Waals surface area contributed by atoms with Crippen molar-refractivity contribution in [1.82, 2.24) is 5.32 Å². The fourth-order valence-electron chi connectivity index (χ4n) is 1.69. The van der Waals surface area contributed by atoms with Crippen molar-refractivity contribution in [2.24, 2.45) is 0 Å². The quantitative estimate of drug-likeness (QED) is 0.521. The highest BCUT2D eigenvalue weighted by atomic mass is 16.5. The van der Waals surface area contributed by atoms with E-state index in [0.717, 1.165) is 11.1 Å². The molecular formula is C15H25NO4. The smallest absolute Gasteiger partial charge is 0.0897 e. The second-order valence-electron chi connectivity index (χ2n) is 4.53. The fraction of sp³-hybridized carbons (Fsp3) is 0.600. The van der Waals surface area contributed by atoms with Crippen LogP contribution in [0.15, 0.2) is 24.3 Å². The first-order valence-electron chi connectivity index (χ1n) is 6.99. The highest BCUT2D eigenvalue weighted by Crippen LogP contribution is 2.03. The van der Waals surface area contributed by atoms with Crippen LogP contribution in [-0.2, 0) is 22.6 Å². The molecule has 0 aromatic heterocycles. The molecule has 0 aliphatic carbocycles. The summed E-state index contributed by atoms with van der Waals surface area (Å²) >= 11 is 0. The van der Waals surface area contributed by atoms with Gasteiger partial charge in [-0.3, -0.25) is 0 Å². The van der Waals surface area contributed by atoms with Crippen LogP contribution in [0.1, 0.15) is 18.1 Å². The second kappa shape index (κ2) is 10.8. The predicted octanol–water partition coefficient (Wildman–Crippen LogP) is 0.682. The van der Waals surface area contributed by atoms with Crippen molar-refractivity contribution in [1.29, 1.82) is 0 Å². The molecule has 5 heteroatoms. The number of benzene rings is 1. The van der Waals surface area contributed by atoms with Crippen LogP contribution >= 0.6 is 0 Å². The van der Waals surface area contributed by atoms with Crippen LogP contribution < -0.4 is 5.32 Å². The lowest BCUT2D eigenvalue weighted by molar-refractivity contribution is 0.00643. The van der Waals surface area contributed by atoms with Gasteiger partial charge in [0, 0.05) is 19.7 Å². The van der Waals surface area contributed by atoms with Crippen molar-refractivity contribution in [2.75, 3.05) is 33.0 Å². The molecule has 3 N–H and O–H groups in total. The van der Waals surface area contributed by atoms with Gasteiger partial charge in [0.25, 0.3) is 0 Å². The number of nitrogens with one attached hydrogen (secondary N) is 1. The SMILES string of the molecule is CCOCCOCC(O)CNCc1ccc(CO)cc1. The van der Waals surface area contributed by atoms with Gasteiger partial charge >= 0.3 is 0 Å². The predicted molar refractivity (Wildman–Crippen MR) is 77.4 cm³/mol. The fourth-order valence-corrected chi connectivity index (χ4v) is 1.69. The Morgan fingerprint density at radius 2 is 1.75 bits per heavy atom. The number of hydrogen-bond acceptors (Lipinski definition) is 5. The molecule has 1 atom stereocenters. The number of rotatable bonds is 11. The lowest BCUT2D eigenvalue weighted by Gasteiger charge is -2.12. The van der Waals surface area contributed by atoms with Crippen LogP contribution in [0.2, 0.25) is 0 Å². The number of hydrogen-bond donors (Lipinski definition) is 3. The van der Waals surface area contributed by atoms with E-state index in [1.54, 1.807) is 0 Å². The zero-order chi connectivity index (χ0) is 14.6.